The Kier molecular flexibility index (Phi) is 6.01. The molecule has 0 unspecified atom stereocenters. The lowest BCUT2D eigenvalue weighted by atomic mass is 9.88. The molecular formula is C20H20BrN3O. The number of amides is 1. The van der Waals surface area contributed by atoms with Crippen LogP contribution in [0.4, 0.5) is 0 Å². The molecule has 0 aliphatic carbocycles. The van der Waals surface area contributed by atoms with Crippen LogP contribution >= 0.6 is 15.9 Å². The number of benzene rings is 2. The van der Waals surface area contributed by atoms with Crippen molar-refractivity contribution in [2.45, 2.75) is 18.9 Å². The van der Waals surface area contributed by atoms with Crippen LogP contribution < -0.4 is 5.32 Å². The lowest BCUT2D eigenvalue weighted by Gasteiger charge is -2.18. The highest BCUT2D eigenvalue weighted by molar-refractivity contribution is 9.10. The lowest BCUT2D eigenvalue weighted by molar-refractivity contribution is -0.121. The lowest BCUT2D eigenvalue weighted by Crippen LogP contribution is -2.29. The van der Waals surface area contributed by atoms with Crippen molar-refractivity contribution in [1.82, 2.24) is 15.1 Å². The Hall–Kier alpha value is -2.40. The molecule has 0 bridgehead atoms. The Bertz CT molecular complexity index is 763. The van der Waals surface area contributed by atoms with Crippen molar-refractivity contribution in [3.05, 3.63) is 88.7 Å². The molecule has 128 valence electrons. The van der Waals surface area contributed by atoms with E-state index < -0.39 is 0 Å². The summed E-state index contributed by atoms with van der Waals surface area (Å²) in [6, 6.07) is 20.8. The summed E-state index contributed by atoms with van der Waals surface area (Å²) in [4.78, 5) is 12.1. The molecule has 2 aromatic carbocycles. The third-order valence-electron chi connectivity index (χ3n) is 4.07. The highest BCUT2D eigenvalue weighted by Gasteiger charge is 2.14. The minimum atomic E-state index is -0.0320. The summed E-state index contributed by atoms with van der Waals surface area (Å²) in [5, 5.41) is 7.10. The topological polar surface area (TPSA) is 46.9 Å². The number of halogens is 1. The van der Waals surface area contributed by atoms with Gasteiger partial charge in [0.1, 0.15) is 6.54 Å². The molecule has 0 saturated carbocycles. The minimum absolute atomic E-state index is 0.0320. The van der Waals surface area contributed by atoms with E-state index in [1.165, 1.54) is 11.1 Å². The molecule has 1 amide bonds. The molecular weight excluding hydrogens is 378 g/mol. The van der Waals surface area contributed by atoms with E-state index in [0.29, 0.717) is 6.54 Å². The van der Waals surface area contributed by atoms with Crippen LogP contribution in [0.5, 0.6) is 0 Å². The molecule has 3 rings (SSSR count). The molecule has 1 aromatic heterocycles. The van der Waals surface area contributed by atoms with Crippen molar-refractivity contribution in [2.24, 2.45) is 0 Å². The molecule has 1 N–H and O–H groups in total. The zero-order chi connectivity index (χ0) is 17.5. The zero-order valence-corrected chi connectivity index (χ0v) is 15.4. The minimum Gasteiger partial charge on any atom is -0.354 e. The van der Waals surface area contributed by atoms with Gasteiger partial charge in [-0.3, -0.25) is 9.48 Å². The van der Waals surface area contributed by atoms with E-state index in [1.54, 1.807) is 17.1 Å². The molecule has 0 radical (unpaired) electrons. The average Bonchev–Trinajstić information content (AvgIpc) is 3.05. The Labute approximate surface area is 156 Å². The third kappa shape index (κ3) is 5.03. The first kappa shape index (κ1) is 17.4. The first-order chi connectivity index (χ1) is 12.2. The highest BCUT2D eigenvalue weighted by atomic mass is 79.9. The van der Waals surface area contributed by atoms with Crippen LogP contribution in [0.15, 0.2) is 77.5 Å². The molecule has 5 heteroatoms. The first-order valence-electron chi connectivity index (χ1n) is 8.27. The van der Waals surface area contributed by atoms with Crippen molar-refractivity contribution in [3.63, 3.8) is 0 Å². The summed E-state index contributed by atoms with van der Waals surface area (Å²) in [6.45, 7) is 0.850. The summed E-state index contributed by atoms with van der Waals surface area (Å²) in [6.07, 6.45) is 4.31. The van der Waals surface area contributed by atoms with Crippen LogP contribution in [-0.2, 0) is 11.3 Å². The van der Waals surface area contributed by atoms with Crippen molar-refractivity contribution in [1.29, 1.82) is 0 Å². The molecule has 25 heavy (non-hydrogen) atoms. The fourth-order valence-electron chi connectivity index (χ4n) is 2.88. The number of nitrogens with one attached hydrogen (secondary N) is 1. The van der Waals surface area contributed by atoms with Gasteiger partial charge in [-0.15, -0.1) is 0 Å². The van der Waals surface area contributed by atoms with E-state index in [9.17, 15) is 4.79 Å². The Balaban J connectivity index is 1.60. The third-order valence-corrected chi connectivity index (χ3v) is 4.48. The second-order valence-corrected chi connectivity index (χ2v) is 6.78. The monoisotopic (exact) mass is 397 g/mol. The maximum Gasteiger partial charge on any atom is 0.241 e. The molecule has 0 spiro atoms. The molecule has 0 saturated heterocycles. The number of hydrogen-bond donors (Lipinski definition) is 1. The van der Waals surface area contributed by atoms with Crippen LogP contribution in [0.1, 0.15) is 23.5 Å². The van der Waals surface area contributed by atoms with E-state index in [4.69, 9.17) is 0 Å². The van der Waals surface area contributed by atoms with Crippen molar-refractivity contribution >= 4 is 21.8 Å². The predicted molar refractivity (Wildman–Crippen MR) is 102 cm³/mol. The van der Waals surface area contributed by atoms with Gasteiger partial charge in [0, 0.05) is 18.7 Å². The van der Waals surface area contributed by atoms with E-state index in [1.807, 2.05) is 12.1 Å². The van der Waals surface area contributed by atoms with E-state index >= 15 is 0 Å². The van der Waals surface area contributed by atoms with Gasteiger partial charge >= 0.3 is 0 Å². The first-order valence-corrected chi connectivity index (χ1v) is 9.06. The SMILES string of the molecule is O=C(Cn1cc(Br)cn1)NCCC(c1ccccc1)c1ccccc1. The number of aromatic nitrogens is 2. The molecule has 0 atom stereocenters. The molecule has 0 aliphatic heterocycles. The van der Waals surface area contributed by atoms with Gasteiger partial charge in [-0.05, 0) is 33.5 Å². The van der Waals surface area contributed by atoms with Gasteiger partial charge in [0.05, 0.1) is 10.7 Å². The number of nitrogens with zero attached hydrogens (tertiary/aromatic N) is 2. The molecule has 0 aliphatic rings. The largest absolute Gasteiger partial charge is 0.354 e. The van der Waals surface area contributed by atoms with Crippen LogP contribution in [0, 0.1) is 0 Å². The normalized spacial score (nSPS) is 10.8. The quantitative estimate of drug-likeness (QED) is 0.655. The van der Waals surface area contributed by atoms with Crippen molar-refractivity contribution in [2.75, 3.05) is 6.54 Å². The molecule has 0 fully saturated rings. The standard InChI is InChI=1S/C20H20BrN3O/c21-18-13-23-24(14-18)15-20(25)22-12-11-19(16-7-3-1-4-8-16)17-9-5-2-6-10-17/h1-10,13-14,19H,11-12,15H2,(H,22,25). The van der Waals surface area contributed by atoms with Crippen LogP contribution in [0.25, 0.3) is 0 Å². The van der Waals surface area contributed by atoms with Gasteiger partial charge in [-0.1, -0.05) is 60.7 Å². The van der Waals surface area contributed by atoms with E-state index in [0.717, 1.165) is 10.9 Å². The van der Waals surface area contributed by atoms with Gasteiger partial charge < -0.3 is 5.32 Å². The number of carbonyl (C=O) groups excluding carboxylic acids is 1. The molecule has 4 nitrogen and oxygen atoms in total. The number of hydrogen-bond acceptors (Lipinski definition) is 2. The smallest absolute Gasteiger partial charge is 0.241 e. The maximum absolute atomic E-state index is 12.1. The van der Waals surface area contributed by atoms with Gasteiger partial charge in [0.25, 0.3) is 0 Å². The van der Waals surface area contributed by atoms with Gasteiger partial charge in [0.15, 0.2) is 0 Å². The Morgan fingerprint density at radius 1 is 1.04 bits per heavy atom. The highest BCUT2D eigenvalue weighted by Crippen LogP contribution is 2.27. The molecule has 1 heterocycles. The van der Waals surface area contributed by atoms with Gasteiger partial charge in [-0.2, -0.15) is 5.10 Å². The second kappa shape index (κ2) is 8.62. The van der Waals surface area contributed by atoms with Gasteiger partial charge in [-0.25, -0.2) is 0 Å². The summed E-state index contributed by atoms with van der Waals surface area (Å²) in [7, 11) is 0. The van der Waals surface area contributed by atoms with Crippen LogP contribution in [0.3, 0.4) is 0 Å². The van der Waals surface area contributed by atoms with Crippen molar-refractivity contribution < 1.29 is 4.79 Å². The van der Waals surface area contributed by atoms with Crippen molar-refractivity contribution in [3.8, 4) is 0 Å². The van der Waals surface area contributed by atoms with E-state index in [2.05, 4.69) is 74.9 Å². The Morgan fingerprint density at radius 3 is 2.16 bits per heavy atom. The summed E-state index contributed by atoms with van der Waals surface area (Å²) in [5.41, 5.74) is 2.53. The average molecular weight is 398 g/mol. The maximum atomic E-state index is 12.1. The summed E-state index contributed by atoms with van der Waals surface area (Å²) in [5.74, 6) is 0.233. The van der Waals surface area contributed by atoms with E-state index in [-0.39, 0.29) is 18.4 Å². The predicted octanol–water partition coefficient (Wildman–Crippen LogP) is 3.98. The van der Waals surface area contributed by atoms with Crippen LogP contribution in [0.2, 0.25) is 0 Å². The number of carbonyl (C=O) groups is 1. The molecule has 3 aromatic rings. The number of rotatable bonds is 7. The summed E-state index contributed by atoms with van der Waals surface area (Å²) >= 11 is 3.33. The van der Waals surface area contributed by atoms with Crippen LogP contribution in [-0.4, -0.2) is 22.2 Å². The summed E-state index contributed by atoms with van der Waals surface area (Å²) < 4.78 is 2.49. The second-order valence-electron chi connectivity index (χ2n) is 5.87. The fourth-order valence-corrected chi connectivity index (χ4v) is 3.21. The van der Waals surface area contributed by atoms with Gasteiger partial charge in [0.2, 0.25) is 5.91 Å². The fraction of sp³-hybridized carbons (Fsp3) is 0.200. The zero-order valence-electron chi connectivity index (χ0n) is 13.8. The Morgan fingerprint density at radius 2 is 1.64 bits per heavy atom.